The average molecular weight is 526 g/mol. The molecule has 5 heteroatoms. The molecule has 0 unspecified atom stereocenters. The average Bonchev–Trinajstić information content (AvgIpc) is 2.97. The van der Waals surface area contributed by atoms with Crippen LogP contribution in [0.3, 0.4) is 0 Å². The zero-order valence-electron chi connectivity index (χ0n) is 23.9. The van der Waals surface area contributed by atoms with Gasteiger partial charge in [0.15, 0.2) is 0 Å². The number of methoxy groups -OCH3 is 1. The number of hydrogen-bond donors (Lipinski definition) is 1. The number of ether oxygens (including phenoxy) is 1. The van der Waals surface area contributed by atoms with E-state index in [1.165, 1.54) is 16.7 Å². The van der Waals surface area contributed by atoms with Gasteiger partial charge in [-0.15, -0.1) is 0 Å². The van der Waals surface area contributed by atoms with Crippen LogP contribution in [0.25, 0.3) is 0 Å². The van der Waals surface area contributed by atoms with Gasteiger partial charge in [-0.3, -0.25) is 9.78 Å². The first kappa shape index (κ1) is 27.4. The summed E-state index contributed by atoms with van der Waals surface area (Å²) in [6, 6.07) is 24.0. The SMILES string of the molecule is COc1ccc([C@@H](C)N[C@@H]2CC[C@@H](C(=O)N3CCC(c4ccccc4)(c4cccnc4)CC3)C(C)(C)C2)cc1. The van der Waals surface area contributed by atoms with E-state index in [2.05, 4.69) is 84.5 Å². The first-order valence-electron chi connectivity index (χ1n) is 14.5. The van der Waals surface area contributed by atoms with Crippen molar-refractivity contribution >= 4 is 5.91 Å². The lowest BCUT2D eigenvalue weighted by Gasteiger charge is -2.47. The van der Waals surface area contributed by atoms with Gasteiger partial charge in [-0.2, -0.15) is 0 Å². The van der Waals surface area contributed by atoms with Crippen LogP contribution in [-0.4, -0.2) is 42.0 Å². The van der Waals surface area contributed by atoms with Gasteiger partial charge in [0.2, 0.25) is 5.91 Å². The summed E-state index contributed by atoms with van der Waals surface area (Å²) in [5.41, 5.74) is 3.69. The van der Waals surface area contributed by atoms with E-state index >= 15 is 0 Å². The molecule has 3 atom stereocenters. The van der Waals surface area contributed by atoms with E-state index in [-0.39, 0.29) is 22.8 Å². The highest BCUT2D eigenvalue weighted by molar-refractivity contribution is 5.80. The van der Waals surface area contributed by atoms with Gasteiger partial charge in [0.1, 0.15) is 5.75 Å². The zero-order chi connectivity index (χ0) is 27.5. The largest absolute Gasteiger partial charge is 0.497 e. The summed E-state index contributed by atoms with van der Waals surface area (Å²) in [5, 5.41) is 3.84. The molecule has 2 heterocycles. The molecule has 206 valence electrons. The molecule has 2 aromatic carbocycles. The molecule has 0 spiro atoms. The predicted octanol–water partition coefficient (Wildman–Crippen LogP) is 6.54. The number of nitrogens with one attached hydrogen (secondary N) is 1. The van der Waals surface area contributed by atoms with Crippen LogP contribution in [0.5, 0.6) is 5.75 Å². The van der Waals surface area contributed by atoms with E-state index < -0.39 is 0 Å². The van der Waals surface area contributed by atoms with Gasteiger partial charge in [0.05, 0.1) is 7.11 Å². The highest BCUT2D eigenvalue weighted by atomic mass is 16.5. The number of hydrogen-bond acceptors (Lipinski definition) is 4. The van der Waals surface area contributed by atoms with E-state index in [0.29, 0.717) is 11.9 Å². The number of piperidine rings is 1. The van der Waals surface area contributed by atoms with Gasteiger partial charge in [0.25, 0.3) is 0 Å². The van der Waals surface area contributed by atoms with Gasteiger partial charge in [-0.05, 0) is 79.3 Å². The minimum absolute atomic E-state index is 0.0516. The molecule has 0 radical (unpaired) electrons. The van der Waals surface area contributed by atoms with Crippen LogP contribution in [0.2, 0.25) is 0 Å². The molecule has 1 aliphatic carbocycles. The molecule has 1 saturated heterocycles. The molecule has 0 bridgehead atoms. The lowest BCUT2D eigenvalue weighted by atomic mass is 9.65. The zero-order valence-corrected chi connectivity index (χ0v) is 23.9. The summed E-state index contributed by atoms with van der Waals surface area (Å²) in [7, 11) is 1.70. The second kappa shape index (κ2) is 11.5. The molecule has 1 N–H and O–H groups in total. The second-order valence-corrected chi connectivity index (χ2v) is 12.2. The Morgan fingerprint density at radius 1 is 0.974 bits per heavy atom. The van der Waals surface area contributed by atoms with Crippen molar-refractivity contribution in [2.24, 2.45) is 11.3 Å². The second-order valence-electron chi connectivity index (χ2n) is 12.2. The van der Waals surface area contributed by atoms with Crippen molar-refractivity contribution in [3.05, 3.63) is 95.8 Å². The fourth-order valence-electron chi connectivity index (χ4n) is 7.06. The molecule has 2 fully saturated rings. The van der Waals surface area contributed by atoms with Crippen LogP contribution in [0.15, 0.2) is 79.1 Å². The summed E-state index contributed by atoms with van der Waals surface area (Å²) < 4.78 is 5.31. The Morgan fingerprint density at radius 2 is 1.67 bits per heavy atom. The summed E-state index contributed by atoms with van der Waals surface area (Å²) in [6.45, 7) is 8.36. The maximum Gasteiger partial charge on any atom is 0.226 e. The molecule has 1 aliphatic heterocycles. The van der Waals surface area contributed by atoms with Crippen LogP contribution in [-0.2, 0) is 10.2 Å². The number of aromatic nitrogens is 1. The molecule has 5 nitrogen and oxygen atoms in total. The number of pyridine rings is 1. The Morgan fingerprint density at radius 3 is 2.28 bits per heavy atom. The molecular formula is C34H43N3O2. The Bertz CT molecular complexity index is 1180. The molecule has 1 amide bonds. The van der Waals surface area contributed by atoms with Crippen molar-refractivity contribution in [3.8, 4) is 5.75 Å². The fraction of sp³-hybridized carbons (Fsp3) is 0.471. The number of likely N-dealkylation sites (tertiary alicyclic amines) is 1. The van der Waals surface area contributed by atoms with Crippen LogP contribution in [0, 0.1) is 11.3 Å². The summed E-state index contributed by atoms with van der Waals surface area (Å²) in [4.78, 5) is 20.5. The molecule has 3 aromatic rings. The Kier molecular flexibility index (Phi) is 8.08. The number of nitrogens with zero attached hydrogens (tertiary/aromatic N) is 2. The van der Waals surface area contributed by atoms with Crippen molar-refractivity contribution in [1.29, 1.82) is 0 Å². The third-order valence-electron chi connectivity index (χ3n) is 9.39. The van der Waals surface area contributed by atoms with E-state index in [9.17, 15) is 4.79 Å². The van der Waals surface area contributed by atoms with Crippen molar-refractivity contribution in [2.75, 3.05) is 20.2 Å². The van der Waals surface area contributed by atoms with E-state index in [0.717, 1.165) is 50.9 Å². The standard InChI is InChI=1S/C34H43N3O2/c1-25(26-12-15-30(39-4)16-13-26)36-29-14-17-31(33(2,3)23-29)32(38)37-21-18-34(19-22-37,27-9-6-5-7-10-27)28-11-8-20-35-24-28/h5-13,15-16,20,24-25,29,31,36H,14,17-19,21-23H2,1-4H3/t25-,29-,31+/m1/s1. The van der Waals surface area contributed by atoms with Crippen LogP contribution < -0.4 is 10.1 Å². The lowest BCUT2D eigenvalue weighted by Crippen LogP contribution is -2.52. The monoisotopic (exact) mass is 525 g/mol. The van der Waals surface area contributed by atoms with Gasteiger partial charge in [-0.25, -0.2) is 0 Å². The minimum Gasteiger partial charge on any atom is -0.497 e. The van der Waals surface area contributed by atoms with E-state index in [1.807, 2.05) is 30.6 Å². The van der Waals surface area contributed by atoms with Gasteiger partial charge in [0, 0.05) is 48.9 Å². The summed E-state index contributed by atoms with van der Waals surface area (Å²) in [6.07, 6.45) is 8.65. The highest BCUT2D eigenvalue weighted by Crippen LogP contribution is 2.45. The van der Waals surface area contributed by atoms with Crippen LogP contribution in [0.4, 0.5) is 0 Å². The highest BCUT2D eigenvalue weighted by Gasteiger charge is 2.45. The number of carbonyl (C=O) groups is 1. The third-order valence-corrected chi connectivity index (χ3v) is 9.39. The number of benzene rings is 2. The van der Waals surface area contributed by atoms with Crippen LogP contribution in [0.1, 0.15) is 75.6 Å². The number of rotatable bonds is 7. The molecule has 1 aromatic heterocycles. The lowest BCUT2D eigenvalue weighted by molar-refractivity contribution is -0.143. The minimum atomic E-state index is -0.0962. The first-order chi connectivity index (χ1) is 18.8. The molecule has 5 rings (SSSR count). The summed E-state index contributed by atoms with van der Waals surface area (Å²) >= 11 is 0. The smallest absolute Gasteiger partial charge is 0.226 e. The van der Waals surface area contributed by atoms with E-state index in [4.69, 9.17) is 4.74 Å². The maximum atomic E-state index is 13.9. The quantitative estimate of drug-likeness (QED) is 0.380. The Labute approximate surface area is 234 Å². The predicted molar refractivity (Wildman–Crippen MR) is 157 cm³/mol. The number of carbonyl (C=O) groups excluding carboxylic acids is 1. The Balaban J connectivity index is 1.23. The third kappa shape index (κ3) is 5.74. The van der Waals surface area contributed by atoms with Gasteiger partial charge < -0.3 is 15.0 Å². The van der Waals surface area contributed by atoms with Gasteiger partial charge >= 0.3 is 0 Å². The molecule has 39 heavy (non-hydrogen) atoms. The van der Waals surface area contributed by atoms with Gasteiger partial charge in [-0.1, -0.05) is 62.4 Å². The first-order valence-corrected chi connectivity index (χ1v) is 14.5. The molecular weight excluding hydrogens is 482 g/mol. The topological polar surface area (TPSA) is 54.5 Å². The normalized spacial score (nSPS) is 23.1. The molecule has 2 aliphatic rings. The van der Waals surface area contributed by atoms with Crippen molar-refractivity contribution in [1.82, 2.24) is 15.2 Å². The van der Waals surface area contributed by atoms with Crippen molar-refractivity contribution in [2.45, 2.75) is 70.4 Å². The van der Waals surface area contributed by atoms with Crippen LogP contribution >= 0.6 is 0 Å². The van der Waals surface area contributed by atoms with E-state index in [1.54, 1.807) is 7.11 Å². The molecule has 1 saturated carbocycles. The summed E-state index contributed by atoms with van der Waals surface area (Å²) in [5.74, 6) is 1.29. The number of amides is 1. The fourth-order valence-corrected chi connectivity index (χ4v) is 7.06. The van der Waals surface area contributed by atoms with Crippen molar-refractivity contribution in [3.63, 3.8) is 0 Å². The maximum absolute atomic E-state index is 13.9. The Hall–Kier alpha value is -3.18. The van der Waals surface area contributed by atoms with Crippen molar-refractivity contribution < 1.29 is 9.53 Å².